The van der Waals surface area contributed by atoms with E-state index in [1.54, 1.807) is 18.2 Å². The molecular weight excluding hydrogens is 873 g/mol. The number of hydrogen-bond donors (Lipinski definition) is 0. The molecule has 1 radical (unpaired) electrons. The smallest absolute Gasteiger partial charge is 0.121 e. The molecule has 3 heterocycles. The molecule has 0 saturated carbocycles. The van der Waals surface area contributed by atoms with E-state index in [0.717, 1.165) is 44.3 Å². The van der Waals surface area contributed by atoms with Gasteiger partial charge in [0, 0.05) is 47.5 Å². The third-order valence-corrected chi connectivity index (χ3v) is 9.92. The maximum Gasteiger partial charge on any atom is 0.121 e. The number of hydrogen-bond acceptors (Lipinski definition) is 3. The van der Waals surface area contributed by atoms with Crippen LogP contribution in [-0.4, -0.2) is 9.97 Å². The minimum Gasteiger partial charge on any atom is -0.501 e. The van der Waals surface area contributed by atoms with Crippen molar-refractivity contribution in [3.63, 3.8) is 0 Å². The molecule has 0 N–H and O–H groups in total. The van der Waals surface area contributed by atoms with Crippen LogP contribution in [0.4, 0.5) is 0 Å². The molecule has 0 bridgehead atoms. The summed E-state index contributed by atoms with van der Waals surface area (Å²) in [5.41, 5.74) is 7.47. The van der Waals surface area contributed by atoms with Crippen molar-refractivity contribution in [3.8, 4) is 33.6 Å². The number of rotatable bonds is 4. The first-order valence-corrected chi connectivity index (χ1v) is 18.6. The van der Waals surface area contributed by atoms with Gasteiger partial charge in [-0.25, -0.2) is 0 Å². The third-order valence-electron chi connectivity index (χ3n) is 9.92. The van der Waals surface area contributed by atoms with Crippen LogP contribution in [0.5, 0.6) is 0 Å². The largest absolute Gasteiger partial charge is 0.501 e. The summed E-state index contributed by atoms with van der Waals surface area (Å²) in [7, 11) is 0. The Morgan fingerprint density at radius 2 is 1.33 bits per heavy atom. The number of aromatic nitrogens is 2. The summed E-state index contributed by atoms with van der Waals surface area (Å²) in [5.74, 6) is 0. The molecule has 4 heteroatoms. The fourth-order valence-corrected chi connectivity index (χ4v) is 7.40. The Morgan fingerprint density at radius 3 is 1.96 bits per heavy atom. The summed E-state index contributed by atoms with van der Waals surface area (Å²) in [6, 6.07) is 51.8. The number of pyridine rings is 2. The number of benzene rings is 7. The average Bonchev–Trinajstić information content (AvgIpc) is 3.66. The Balaban J connectivity index is 0.000000236. The minimum absolute atomic E-state index is 0. The molecule has 10 rings (SSSR count). The van der Waals surface area contributed by atoms with E-state index < -0.39 is 25.5 Å². The number of nitrogens with zero attached hydrogens (tertiary/aromatic N) is 2. The second kappa shape index (κ2) is 15.5. The molecule has 10 aromatic rings. The number of aryl methyl sites for hydroxylation is 2. The molecule has 0 atom stereocenters. The van der Waals surface area contributed by atoms with Crippen molar-refractivity contribution in [2.75, 3.05) is 0 Å². The molecule has 0 saturated heterocycles. The van der Waals surface area contributed by atoms with Gasteiger partial charge in [-0.1, -0.05) is 130 Å². The molecular formula is C53H42IrN2O-2. The van der Waals surface area contributed by atoms with Gasteiger partial charge >= 0.3 is 0 Å². The zero-order chi connectivity index (χ0) is 44.3. The Kier molecular flexibility index (Phi) is 8.25. The zero-order valence-corrected chi connectivity index (χ0v) is 34.0. The van der Waals surface area contributed by atoms with E-state index in [0.29, 0.717) is 22.4 Å². The van der Waals surface area contributed by atoms with Crippen LogP contribution in [0.2, 0.25) is 0 Å². The van der Waals surface area contributed by atoms with E-state index in [1.807, 2.05) is 63.4 Å². The van der Waals surface area contributed by atoms with Crippen LogP contribution in [0.15, 0.2) is 156 Å². The summed E-state index contributed by atoms with van der Waals surface area (Å²) >= 11 is 0. The molecule has 3 aromatic heterocycles. The van der Waals surface area contributed by atoms with Crippen LogP contribution in [0.1, 0.15) is 47.1 Å². The van der Waals surface area contributed by atoms with Crippen molar-refractivity contribution >= 4 is 54.3 Å². The van der Waals surface area contributed by atoms with E-state index in [-0.39, 0.29) is 25.7 Å². The summed E-state index contributed by atoms with van der Waals surface area (Å²) in [5, 5.41) is 9.43. The summed E-state index contributed by atoms with van der Waals surface area (Å²) < 4.78 is 60.2. The predicted octanol–water partition coefficient (Wildman–Crippen LogP) is 14.3. The fourth-order valence-electron chi connectivity index (χ4n) is 7.40. The van der Waals surface area contributed by atoms with Crippen LogP contribution in [0.25, 0.3) is 87.9 Å². The normalized spacial score (nSPS) is 13.9. The molecule has 3 nitrogen and oxygen atoms in total. The predicted molar refractivity (Wildman–Crippen MR) is 235 cm³/mol. The van der Waals surface area contributed by atoms with Crippen molar-refractivity contribution in [3.05, 3.63) is 181 Å². The molecule has 7 aromatic carbocycles. The molecule has 57 heavy (non-hydrogen) atoms. The monoisotopic (exact) mass is 922 g/mol. The molecule has 281 valence electrons. The molecule has 0 aliphatic heterocycles. The van der Waals surface area contributed by atoms with Gasteiger partial charge in [0.1, 0.15) is 5.58 Å². The molecule has 0 aliphatic carbocycles. The quantitative estimate of drug-likeness (QED) is 0.130. The topological polar surface area (TPSA) is 38.9 Å². The Bertz CT molecular complexity index is 3300. The van der Waals surface area contributed by atoms with Gasteiger partial charge in [0.2, 0.25) is 0 Å². The Hall–Kier alpha value is -5.93. The zero-order valence-electron chi connectivity index (χ0n) is 38.6. The number of furan rings is 1. The van der Waals surface area contributed by atoms with Crippen molar-refractivity contribution in [2.24, 2.45) is 5.41 Å². The second-order valence-electron chi connectivity index (χ2n) is 15.0. The van der Waals surface area contributed by atoms with Crippen molar-refractivity contribution < 1.29 is 34.1 Å². The first-order valence-electron chi connectivity index (χ1n) is 22.2. The van der Waals surface area contributed by atoms with E-state index in [2.05, 4.69) is 89.9 Å². The van der Waals surface area contributed by atoms with Crippen LogP contribution in [0.3, 0.4) is 0 Å². The van der Waals surface area contributed by atoms with Gasteiger partial charge in [0.25, 0.3) is 0 Å². The molecule has 0 spiro atoms. The van der Waals surface area contributed by atoms with Gasteiger partial charge in [-0.3, -0.25) is 0 Å². The van der Waals surface area contributed by atoms with E-state index >= 15 is 0 Å². The summed E-state index contributed by atoms with van der Waals surface area (Å²) in [6.07, 6.45) is 1.85. The number of fused-ring (bicyclic) bond motifs is 9. The van der Waals surface area contributed by atoms with Gasteiger partial charge in [0.15, 0.2) is 0 Å². The molecule has 0 unspecified atom stereocenters. The van der Waals surface area contributed by atoms with Crippen molar-refractivity contribution in [1.29, 1.82) is 0 Å². The standard InChI is InChI=1S/C40H30NO.C13H12N.Ir/c1-40(2,3)24-25-15-17-26(18-16-25)27-19-20-41-37(21-27)33-14-8-13-32-36-22-34-30-11-6-4-9-28(30)29-10-5-7-12-31(29)35(34)23-38(36)42-39(32)33;1-10-3-6-12(7-4-10)13-8-5-11(2)9-14-13;/h4-13,15-23H,24H2,1-3H3;3-6,8-9H,1-2H3;/q2*-1;/i24D2;1D3,2D2;. The van der Waals surface area contributed by atoms with Crippen molar-refractivity contribution in [2.45, 2.75) is 40.9 Å². The van der Waals surface area contributed by atoms with Gasteiger partial charge in [0.05, 0.1) is 5.58 Å². The average molecular weight is 922 g/mol. The van der Waals surface area contributed by atoms with E-state index in [4.69, 9.17) is 19.0 Å². The summed E-state index contributed by atoms with van der Waals surface area (Å²) in [6.45, 7) is 2.61. The summed E-state index contributed by atoms with van der Waals surface area (Å²) in [4.78, 5) is 8.88. The molecule has 0 fully saturated rings. The Labute approximate surface area is 357 Å². The fraction of sp³-hybridized carbons (Fsp3) is 0.132. The van der Waals surface area contributed by atoms with Gasteiger partial charge in [-0.05, 0) is 103 Å². The Morgan fingerprint density at radius 1 is 0.632 bits per heavy atom. The van der Waals surface area contributed by atoms with Gasteiger partial charge in [-0.15, -0.1) is 53.6 Å². The van der Waals surface area contributed by atoms with E-state index in [9.17, 15) is 0 Å². The SMILES string of the molecule is [2H]C([2H])(c1ccc(-c2ccnc(-c3[c-]ccc4c3oc3cc5c6ccccc6c6ccccc6c5cc34)c2)cc1)C(C)(C)C.[2H]C([2H])c1ccc(-c2[c-]cc(C([2H])([2H])[2H])cc2)nc1.[Ir]. The van der Waals surface area contributed by atoms with Crippen LogP contribution >= 0.6 is 0 Å². The maximum atomic E-state index is 8.63. The van der Waals surface area contributed by atoms with E-state index in [1.165, 1.54) is 50.6 Å². The van der Waals surface area contributed by atoms with Crippen LogP contribution in [-0.2, 0) is 26.5 Å². The first-order chi connectivity index (χ1) is 30.1. The van der Waals surface area contributed by atoms with Gasteiger partial charge in [-0.2, -0.15) is 0 Å². The van der Waals surface area contributed by atoms with Crippen molar-refractivity contribution in [1.82, 2.24) is 9.97 Å². The minimum atomic E-state index is -2.13. The van der Waals surface area contributed by atoms with Crippen LogP contribution in [0, 0.1) is 31.3 Å². The van der Waals surface area contributed by atoms with Gasteiger partial charge < -0.3 is 14.4 Å². The van der Waals surface area contributed by atoms with Crippen LogP contribution < -0.4 is 0 Å². The third kappa shape index (κ3) is 7.64. The first kappa shape index (κ1) is 30.2. The second-order valence-corrected chi connectivity index (χ2v) is 15.0. The molecule has 0 amide bonds. The molecule has 0 aliphatic rings. The maximum absolute atomic E-state index is 8.63.